The quantitative estimate of drug-likeness (QED) is 0.366. The summed E-state index contributed by atoms with van der Waals surface area (Å²) < 4.78 is 58.5. The Bertz CT molecular complexity index is 894. The van der Waals surface area contributed by atoms with Crippen molar-refractivity contribution in [2.24, 2.45) is 0 Å². The number of piperazine rings is 1. The number of nitrogens with zero attached hydrogens (tertiary/aromatic N) is 4. The van der Waals surface area contributed by atoms with Crippen molar-refractivity contribution in [1.82, 2.24) is 14.9 Å². The molecule has 0 bridgehead atoms. The van der Waals surface area contributed by atoms with Crippen LogP contribution in [0.2, 0.25) is 0 Å². The number of aromatic nitrogens is 2. The third-order valence-electron chi connectivity index (χ3n) is 4.14. The summed E-state index contributed by atoms with van der Waals surface area (Å²) in [6, 6.07) is 2.49. The molecule has 0 N–H and O–H groups in total. The smallest absolute Gasteiger partial charge is 0.410 e. The van der Waals surface area contributed by atoms with Crippen LogP contribution in [0.1, 0.15) is 26.3 Å². The van der Waals surface area contributed by atoms with Gasteiger partial charge in [0.2, 0.25) is 0 Å². The van der Waals surface area contributed by atoms with Crippen molar-refractivity contribution in [3.63, 3.8) is 0 Å². The minimum Gasteiger partial charge on any atom is -0.444 e. The molecule has 0 atom stereocenters. The maximum absolute atomic E-state index is 14.1. The molecule has 0 radical (unpaired) electrons. The molecule has 1 aliphatic rings. The monoisotopic (exact) mass is 463 g/mol. The minimum absolute atomic E-state index is 0. The molecule has 6 nitrogen and oxygen atoms in total. The van der Waals surface area contributed by atoms with Crippen molar-refractivity contribution in [1.29, 1.82) is 0 Å². The predicted octanol–water partition coefficient (Wildman–Crippen LogP) is 3.64. The van der Waals surface area contributed by atoms with Gasteiger partial charge in [0, 0.05) is 51.5 Å². The van der Waals surface area contributed by atoms with E-state index < -0.39 is 29.3 Å². The Hall–Kier alpha value is -2.03. The normalized spacial score (nSPS) is 15.3. The number of rotatable bonds is 1. The third kappa shape index (κ3) is 5.32. The average Bonchev–Trinajstić information content (AvgIpc) is 2.59. The summed E-state index contributed by atoms with van der Waals surface area (Å²) in [7, 11) is 0. The van der Waals surface area contributed by atoms with E-state index in [1.54, 1.807) is 31.7 Å². The summed E-state index contributed by atoms with van der Waals surface area (Å²) in [4.78, 5) is 23.2. The van der Waals surface area contributed by atoms with Crippen molar-refractivity contribution in [2.75, 3.05) is 31.1 Å². The molecule has 1 aromatic heterocycles. The molecular weight excluding hydrogens is 446 g/mol. The van der Waals surface area contributed by atoms with Crippen LogP contribution in [0.15, 0.2) is 12.4 Å². The molecule has 1 aromatic carbocycles. The van der Waals surface area contributed by atoms with Gasteiger partial charge in [-0.25, -0.2) is 14.2 Å². The number of hydrogen-bond donors (Lipinski definition) is 0. The van der Waals surface area contributed by atoms with Gasteiger partial charge < -0.3 is 14.5 Å². The first-order chi connectivity index (χ1) is 13.0. The Balaban J connectivity index is 0.00000300. The number of alkyl halides is 3. The number of anilines is 1. The van der Waals surface area contributed by atoms with Crippen LogP contribution < -0.4 is 4.90 Å². The number of carbonyl (C=O) groups is 1. The summed E-state index contributed by atoms with van der Waals surface area (Å²) in [6.45, 7) is 6.51. The second kappa shape index (κ2) is 8.38. The minimum atomic E-state index is -4.74. The van der Waals surface area contributed by atoms with Crippen molar-refractivity contribution in [3.8, 4) is 0 Å². The Morgan fingerprint density at radius 3 is 2.31 bits per heavy atom. The standard InChI is InChI=1S/C18H19F4N4O2.Zn/c1-17(2,3)28-16(27)26-6-4-25(5-7-26)15-12-8-11(18(20,21)22)9-13(19)14(12)23-10-24-15;/h8,10H,4-7H2,1-3H3;/q-1;. The molecule has 0 unspecified atom stereocenters. The van der Waals surface area contributed by atoms with Crippen molar-refractivity contribution < 1.29 is 46.6 Å². The maximum Gasteiger partial charge on any atom is 0.410 e. The molecular formula is C18H19F4N4O2Zn-. The molecule has 11 heteroatoms. The topological polar surface area (TPSA) is 58.6 Å². The number of hydrogen-bond acceptors (Lipinski definition) is 5. The molecule has 1 fully saturated rings. The van der Waals surface area contributed by atoms with Gasteiger partial charge >= 0.3 is 12.3 Å². The van der Waals surface area contributed by atoms with Gasteiger partial charge in [0.25, 0.3) is 0 Å². The zero-order valence-electron chi connectivity index (χ0n) is 16.3. The molecule has 0 saturated carbocycles. The number of amides is 1. The van der Waals surface area contributed by atoms with Gasteiger partial charge in [0.05, 0.1) is 0 Å². The molecule has 2 heterocycles. The predicted molar refractivity (Wildman–Crippen MR) is 93.4 cm³/mol. The second-order valence-electron chi connectivity index (χ2n) is 7.41. The van der Waals surface area contributed by atoms with E-state index in [2.05, 4.69) is 9.97 Å². The molecule has 0 aliphatic carbocycles. The number of halogens is 4. The fraction of sp³-hybridized carbons (Fsp3) is 0.500. The van der Waals surface area contributed by atoms with E-state index in [0.717, 1.165) is 12.4 Å². The summed E-state index contributed by atoms with van der Waals surface area (Å²) in [6.07, 6.45) is -4.10. The van der Waals surface area contributed by atoms with Gasteiger partial charge in [-0.3, -0.25) is 4.98 Å². The van der Waals surface area contributed by atoms with Crippen molar-refractivity contribution in [2.45, 2.75) is 32.5 Å². The zero-order valence-corrected chi connectivity index (χ0v) is 19.3. The van der Waals surface area contributed by atoms with E-state index in [-0.39, 0.29) is 36.2 Å². The van der Waals surface area contributed by atoms with E-state index in [9.17, 15) is 22.4 Å². The van der Waals surface area contributed by atoms with Crippen LogP contribution in [0.25, 0.3) is 10.9 Å². The first kappa shape index (κ1) is 23.3. The van der Waals surface area contributed by atoms with E-state index in [4.69, 9.17) is 4.74 Å². The van der Waals surface area contributed by atoms with E-state index >= 15 is 0 Å². The van der Waals surface area contributed by atoms with Gasteiger partial charge in [0.15, 0.2) is 0 Å². The van der Waals surface area contributed by atoms with Crippen LogP contribution in [-0.4, -0.2) is 52.7 Å². The van der Waals surface area contributed by atoms with Crippen LogP contribution in [-0.2, 0) is 30.4 Å². The largest absolute Gasteiger partial charge is 0.444 e. The molecule has 29 heavy (non-hydrogen) atoms. The molecule has 1 aliphatic heterocycles. The van der Waals surface area contributed by atoms with Gasteiger partial charge in [-0.15, -0.1) is 12.1 Å². The van der Waals surface area contributed by atoms with Crippen LogP contribution in [0.5, 0.6) is 0 Å². The Labute approximate surface area is 178 Å². The first-order valence-corrected chi connectivity index (χ1v) is 8.62. The summed E-state index contributed by atoms with van der Waals surface area (Å²) in [5.41, 5.74) is -2.08. The Kier molecular flexibility index (Phi) is 6.72. The zero-order chi connectivity index (χ0) is 20.7. The number of benzene rings is 1. The summed E-state index contributed by atoms with van der Waals surface area (Å²) in [5, 5.41) is -0.0446. The number of fused-ring (bicyclic) bond motifs is 1. The van der Waals surface area contributed by atoms with E-state index in [0.29, 0.717) is 26.2 Å². The second-order valence-corrected chi connectivity index (χ2v) is 7.41. The number of carbonyl (C=O) groups excluding carboxylic acids is 1. The van der Waals surface area contributed by atoms with Gasteiger partial charge in [0.1, 0.15) is 17.7 Å². The van der Waals surface area contributed by atoms with Crippen LogP contribution in [0, 0.1) is 11.9 Å². The van der Waals surface area contributed by atoms with E-state index in [1.807, 2.05) is 0 Å². The third-order valence-corrected chi connectivity index (χ3v) is 4.14. The van der Waals surface area contributed by atoms with Crippen LogP contribution in [0.3, 0.4) is 0 Å². The van der Waals surface area contributed by atoms with Crippen LogP contribution >= 0.6 is 0 Å². The van der Waals surface area contributed by atoms with Gasteiger partial charge in [-0.2, -0.15) is 13.2 Å². The maximum atomic E-state index is 14.1. The summed E-state index contributed by atoms with van der Waals surface area (Å²) >= 11 is 0. The molecule has 3 rings (SSSR count). The van der Waals surface area contributed by atoms with Crippen LogP contribution in [0.4, 0.5) is 28.2 Å². The first-order valence-electron chi connectivity index (χ1n) is 8.62. The van der Waals surface area contributed by atoms with Crippen molar-refractivity contribution >= 4 is 22.8 Å². The molecule has 2 aromatic rings. The fourth-order valence-corrected chi connectivity index (χ4v) is 2.88. The number of ether oxygens (including phenoxy) is 1. The molecule has 1 amide bonds. The fourth-order valence-electron chi connectivity index (χ4n) is 2.88. The Morgan fingerprint density at radius 2 is 1.76 bits per heavy atom. The van der Waals surface area contributed by atoms with Crippen molar-refractivity contribution in [3.05, 3.63) is 29.8 Å². The molecule has 154 valence electrons. The Morgan fingerprint density at radius 1 is 1.14 bits per heavy atom. The van der Waals surface area contributed by atoms with Gasteiger partial charge in [-0.1, -0.05) is 10.9 Å². The SMILES string of the molecule is CC(C)(C)OC(=O)N1CCN(c2ncnc3c(F)[c-]c(C(F)(F)F)cc23)CC1.[Zn]. The van der Waals surface area contributed by atoms with E-state index in [1.165, 1.54) is 4.90 Å². The molecule has 1 saturated heterocycles. The van der Waals surface area contributed by atoms with Gasteiger partial charge in [-0.05, 0) is 26.3 Å². The average molecular weight is 465 g/mol. The summed E-state index contributed by atoms with van der Waals surface area (Å²) in [5.74, 6) is -0.992. The molecule has 0 spiro atoms.